The summed E-state index contributed by atoms with van der Waals surface area (Å²) in [6.45, 7) is 0.454. The Balaban J connectivity index is 1.63. The molecule has 2 fully saturated rings. The fraction of sp³-hybridized carbons (Fsp3) is 0.684. The maximum absolute atomic E-state index is 13.2. The second kappa shape index (κ2) is 8.80. The third-order valence-electron chi connectivity index (χ3n) is 6.18. The van der Waals surface area contributed by atoms with E-state index in [2.05, 4.69) is 4.98 Å². The molecule has 11 heteroatoms. The van der Waals surface area contributed by atoms with Crippen LogP contribution in [0.3, 0.4) is 0 Å². The second-order valence-electron chi connectivity index (χ2n) is 8.03. The van der Waals surface area contributed by atoms with E-state index in [1.54, 1.807) is 12.1 Å². The van der Waals surface area contributed by atoms with E-state index < -0.39 is 33.3 Å². The second-order valence-corrected chi connectivity index (χ2v) is 10.3. The van der Waals surface area contributed by atoms with Gasteiger partial charge in [0.1, 0.15) is 0 Å². The molecule has 1 aliphatic heterocycles. The summed E-state index contributed by atoms with van der Waals surface area (Å²) in [5.74, 6) is -0.877. The van der Waals surface area contributed by atoms with Crippen LogP contribution in [0.1, 0.15) is 62.1 Å². The summed E-state index contributed by atoms with van der Waals surface area (Å²) in [5, 5.41) is 9.06. The van der Waals surface area contributed by atoms with E-state index in [1.165, 1.54) is 16.0 Å². The Bertz CT molecular complexity index is 845. The summed E-state index contributed by atoms with van der Waals surface area (Å²) in [6, 6.07) is 3.34. The molecule has 7 nitrogen and oxygen atoms in total. The summed E-state index contributed by atoms with van der Waals surface area (Å²) in [5.41, 5.74) is 2.76. The monoisotopic (exact) mass is 449 g/mol. The number of halogens is 3. The van der Waals surface area contributed by atoms with E-state index in [9.17, 15) is 26.4 Å². The van der Waals surface area contributed by atoms with Crippen molar-refractivity contribution in [1.29, 1.82) is 0 Å². The van der Waals surface area contributed by atoms with Gasteiger partial charge in [-0.1, -0.05) is 18.9 Å². The lowest BCUT2D eigenvalue weighted by molar-refractivity contribution is -0.134. The van der Waals surface area contributed by atoms with Crippen molar-refractivity contribution < 1.29 is 31.6 Å². The minimum atomic E-state index is -4.21. The van der Waals surface area contributed by atoms with Crippen LogP contribution in [0, 0.1) is 0 Å². The normalized spacial score (nSPS) is 20.9. The number of sulfonamides is 1. The maximum atomic E-state index is 13.2. The van der Waals surface area contributed by atoms with Gasteiger partial charge in [-0.2, -0.15) is 13.2 Å². The number of alkyl halides is 3. The van der Waals surface area contributed by atoms with E-state index >= 15 is 0 Å². The Kier molecular flexibility index (Phi) is 6.73. The topological polar surface area (TPSA) is 99.6 Å². The maximum Gasteiger partial charge on any atom is 0.389 e. The largest absolute Gasteiger partial charge is 0.389 e. The van der Waals surface area contributed by atoms with Crippen LogP contribution in [0.25, 0.3) is 0 Å². The smallest absolute Gasteiger partial charge is 0.289 e. The van der Waals surface area contributed by atoms with Gasteiger partial charge < -0.3 is 0 Å². The number of hydrogen-bond acceptors (Lipinski definition) is 5. The highest BCUT2D eigenvalue weighted by Gasteiger charge is 2.55. The molecule has 0 radical (unpaired) electrons. The minimum absolute atomic E-state index is 0.000637. The van der Waals surface area contributed by atoms with Crippen molar-refractivity contribution in [3.8, 4) is 0 Å². The van der Waals surface area contributed by atoms with Crippen LogP contribution in [0.4, 0.5) is 13.2 Å². The summed E-state index contributed by atoms with van der Waals surface area (Å²) in [7, 11) is -3.93. The van der Waals surface area contributed by atoms with Gasteiger partial charge in [0, 0.05) is 37.3 Å². The van der Waals surface area contributed by atoms with E-state index in [-0.39, 0.29) is 38.3 Å². The number of aryl methyl sites for hydroxylation is 1. The number of piperidine rings is 1. The van der Waals surface area contributed by atoms with Gasteiger partial charge in [0.25, 0.3) is 5.91 Å². The van der Waals surface area contributed by atoms with Gasteiger partial charge in [0.15, 0.2) is 4.75 Å². The first-order valence-electron chi connectivity index (χ1n) is 10.0. The zero-order valence-corrected chi connectivity index (χ0v) is 17.3. The molecule has 0 spiro atoms. The number of carbonyl (C=O) groups is 1. The van der Waals surface area contributed by atoms with Gasteiger partial charge >= 0.3 is 6.18 Å². The first kappa shape index (κ1) is 23.0. The molecule has 1 aromatic heterocycles. The van der Waals surface area contributed by atoms with Crippen LogP contribution < -0.4 is 5.48 Å². The molecule has 0 unspecified atom stereocenters. The van der Waals surface area contributed by atoms with Crippen LogP contribution in [-0.2, 0) is 21.2 Å². The van der Waals surface area contributed by atoms with Crippen molar-refractivity contribution in [3.05, 3.63) is 29.6 Å². The lowest BCUT2D eigenvalue weighted by atomic mass is 9.94. The van der Waals surface area contributed by atoms with Gasteiger partial charge in [0.2, 0.25) is 10.0 Å². The van der Waals surface area contributed by atoms with Crippen molar-refractivity contribution >= 4 is 15.9 Å². The average molecular weight is 449 g/mol. The van der Waals surface area contributed by atoms with Crippen molar-refractivity contribution in [2.24, 2.45) is 0 Å². The van der Waals surface area contributed by atoms with Gasteiger partial charge in [-0.3, -0.25) is 15.0 Å². The molecule has 30 heavy (non-hydrogen) atoms. The van der Waals surface area contributed by atoms with Crippen LogP contribution in [-0.4, -0.2) is 52.8 Å². The van der Waals surface area contributed by atoms with E-state index in [4.69, 9.17) is 5.21 Å². The van der Waals surface area contributed by atoms with Gasteiger partial charge in [-0.25, -0.2) is 18.2 Å². The number of rotatable bonds is 6. The Morgan fingerprint density at radius 1 is 1.23 bits per heavy atom. The molecule has 1 aromatic rings. The van der Waals surface area contributed by atoms with E-state index in [0.717, 1.165) is 5.69 Å². The van der Waals surface area contributed by atoms with Crippen molar-refractivity contribution in [2.75, 3.05) is 13.1 Å². The Labute approximate surface area is 173 Å². The zero-order valence-electron chi connectivity index (χ0n) is 16.5. The highest BCUT2D eigenvalue weighted by molar-refractivity contribution is 7.91. The number of pyridine rings is 1. The van der Waals surface area contributed by atoms with Crippen LogP contribution in [0.2, 0.25) is 0 Å². The van der Waals surface area contributed by atoms with Crippen molar-refractivity contribution in [1.82, 2.24) is 14.8 Å². The molecule has 1 aliphatic carbocycles. The predicted molar refractivity (Wildman–Crippen MR) is 102 cm³/mol. The molecule has 1 saturated heterocycles. The standard InChI is InChI=1S/C19H26F3N3O4S/c20-19(21,22)10-5-14-3-4-16(23-13-14)15-6-11-25(12-7-15)30(28,29)18(17(26)24-27)8-1-2-9-18/h3-4,13,15,27H,1-2,5-12H2,(H,24,26). The Morgan fingerprint density at radius 3 is 2.37 bits per heavy atom. The van der Waals surface area contributed by atoms with Crippen LogP contribution >= 0.6 is 0 Å². The first-order chi connectivity index (χ1) is 14.1. The molecule has 2 N–H and O–H groups in total. The third kappa shape index (κ3) is 4.62. The number of carbonyl (C=O) groups excluding carboxylic acids is 1. The van der Waals surface area contributed by atoms with Gasteiger partial charge in [-0.15, -0.1) is 0 Å². The SMILES string of the molecule is O=C(NO)C1(S(=O)(=O)N2CCC(c3ccc(CCC(F)(F)F)cn3)CC2)CCCC1. The van der Waals surface area contributed by atoms with Gasteiger partial charge in [-0.05, 0) is 43.7 Å². The number of nitrogens with zero attached hydrogens (tertiary/aromatic N) is 2. The van der Waals surface area contributed by atoms with Gasteiger partial charge in [0.05, 0.1) is 0 Å². The number of nitrogens with one attached hydrogen (secondary N) is 1. The molecule has 1 amide bonds. The molecule has 168 valence electrons. The van der Waals surface area contributed by atoms with E-state index in [1.807, 2.05) is 0 Å². The predicted octanol–water partition coefficient (Wildman–Crippen LogP) is 2.90. The molecule has 1 saturated carbocycles. The lowest BCUT2D eigenvalue weighted by Gasteiger charge is -2.37. The number of amides is 1. The highest BCUT2D eigenvalue weighted by Crippen LogP contribution is 2.41. The summed E-state index contributed by atoms with van der Waals surface area (Å²) >= 11 is 0. The summed E-state index contributed by atoms with van der Waals surface area (Å²) in [4.78, 5) is 16.5. The quantitative estimate of drug-likeness (QED) is 0.514. The van der Waals surface area contributed by atoms with Crippen molar-refractivity contribution in [3.63, 3.8) is 0 Å². The number of hydroxylamine groups is 1. The number of aromatic nitrogens is 1. The van der Waals surface area contributed by atoms with Crippen molar-refractivity contribution in [2.45, 2.75) is 68.2 Å². The lowest BCUT2D eigenvalue weighted by Crippen LogP contribution is -2.56. The first-order valence-corrected chi connectivity index (χ1v) is 11.5. The minimum Gasteiger partial charge on any atom is -0.289 e. The van der Waals surface area contributed by atoms with E-state index in [0.29, 0.717) is 31.2 Å². The fourth-order valence-corrected chi connectivity index (χ4v) is 6.67. The molecule has 0 aromatic carbocycles. The number of hydrogen-bond donors (Lipinski definition) is 2. The molecule has 2 heterocycles. The molecule has 0 bridgehead atoms. The van der Waals surface area contributed by atoms with Crippen LogP contribution in [0.5, 0.6) is 0 Å². The Morgan fingerprint density at radius 2 is 1.87 bits per heavy atom. The molecular weight excluding hydrogens is 423 g/mol. The fourth-order valence-electron chi connectivity index (χ4n) is 4.40. The Hall–Kier alpha value is -1.72. The summed E-state index contributed by atoms with van der Waals surface area (Å²) < 4.78 is 63.1. The third-order valence-corrected chi connectivity index (χ3v) is 8.80. The molecule has 3 rings (SSSR count). The summed E-state index contributed by atoms with van der Waals surface area (Å²) in [6.07, 6.45) is -1.19. The highest BCUT2D eigenvalue weighted by atomic mass is 32.2. The zero-order chi connectivity index (χ0) is 22.0. The molecule has 2 aliphatic rings. The molecule has 0 atom stereocenters. The average Bonchev–Trinajstić information content (AvgIpc) is 3.23. The molecular formula is C19H26F3N3O4S. The van der Waals surface area contributed by atoms with Crippen LogP contribution in [0.15, 0.2) is 18.3 Å².